The third kappa shape index (κ3) is 10.0. The van der Waals surface area contributed by atoms with Gasteiger partial charge in [0.15, 0.2) is 0 Å². The van der Waals surface area contributed by atoms with Crippen LogP contribution in [0.3, 0.4) is 0 Å². The number of esters is 1. The summed E-state index contributed by atoms with van der Waals surface area (Å²) in [5.41, 5.74) is -0.838. The second kappa shape index (κ2) is 13.7. The monoisotopic (exact) mass is 500 g/mol. The third-order valence-corrected chi connectivity index (χ3v) is 5.75. The summed E-state index contributed by atoms with van der Waals surface area (Å²) in [6, 6.07) is 4.40. The largest absolute Gasteiger partial charge is 0.491 e. The smallest absolute Gasteiger partial charge is 0.416 e. The van der Waals surface area contributed by atoms with Gasteiger partial charge in [0.2, 0.25) is 0 Å². The Labute approximate surface area is 204 Å². The predicted molar refractivity (Wildman–Crippen MR) is 125 cm³/mol. The summed E-state index contributed by atoms with van der Waals surface area (Å²) in [6.45, 7) is 3.34. The van der Waals surface area contributed by atoms with E-state index in [-0.39, 0.29) is 42.7 Å². The molecule has 5 atom stereocenters. The Hall–Kier alpha value is -2.36. The van der Waals surface area contributed by atoms with Gasteiger partial charge >= 0.3 is 12.1 Å². The minimum absolute atomic E-state index is 0.0101. The highest BCUT2D eigenvalue weighted by Gasteiger charge is 2.39. The Morgan fingerprint density at radius 3 is 2.63 bits per heavy atom. The Morgan fingerprint density at radius 1 is 1.20 bits per heavy atom. The standard InChI is InChI=1S/C26H35F3O6/c1-17(2)35-25(33)11-6-4-3-5-10-21-22(24(32)15-23(21)31)13-12-19(30)16-34-20-9-7-8-18(14-20)26(27,28)29/h3,5,7-9,12-14,17,19,21-24,30-32H,4,6,10-11,15-16H2,1-2H3/b5-3-,13-12+/t19?,21?,22-,23?,24?/m1/s1. The van der Waals surface area contributed by atoms with Crippen LogP contribution in [0.2, 0.25) is 0 Å². The van der Waals surface area contributed by atoms with E-state index < -0.39 is 30.1 Å². The van der Waals surface area contributed by atoms with E-state index >= 15 is 0 Å². The fourth-order valence-electron chi connectivity index (χ4n) is 4.02. The lowest BCUT2D eigenvalue weighted by atomic mass is 9.89. The lowest BCUT2D eigenvalue weighted by Crippen LogP contribution is -2.21. The van der Waals surface area contributed by atoms with E-state index in [4.69, 9.17) is 9.47 Å². The molecule has 0 heterocycles. The molecule has 196 valence electrons. The van der Waals surface area contributed by atoms with Gasteiger partial charge in [0.25, 0.3) is 0 Å². The van der Waals surface area contributed by atoms with Crippen LogP contribution in [0.1, 0.15) is 51.5 Å². The average molecular weight is 501 g/mol. The summed E-state index contributed by atoms with van der Waals surface area (Å²) in [6.07, 6.45) is 2.09. The highest BCUT2D eigenvalue weighted by atomic mass is 19.4. The van der Waals surface area contributed by atoms with Crippen LogP contribution in [0.25, 0.3) is 0 Å². The number of benzene rings is 1. The van der Waals surface area contributed by atoms with Gasteiger partial charge in [-0.2, -0.15) is 13.2 Å². The van der Waals surface area contributed by atoms with Gasteiger partial charge < -0.3 is 24.8 Å². The summed E-state index contributed by atoms with van der Waals surface area (Å²) >= 11 is 0. The Bertz CT molecular complexity index is 852. The quantitative estimate of drug-likeness (QED) is 0.223. The van der Waals surface area contributed by atoms with Crippen molar-refractivity contribution in [3.63, 3.8) is 0 Å². The molecule has 9 heteroatoms. The number of carbonyl (C=O) groups excluding carboxylic acids is 1. The van der Waals surface area contributed by atoms with Gasteiger partial charge in [-0.25, -0.2) is 0 Å². The van der Waals surface area contributed by atoms with E-state index in [2.05, 4.69) is 0 Å². The van der Waals surface area contributed by atoms with Gasteiger partial charge in [-0.3, -0.25) is 4.79 Å². The van der Waals surface area contributed by atoms with Crippen LogP contribution in [-0.2, 0) is 15.7 Å². The van der Waals surface area contributed by atoms with Crippen molar-refractivity contribution in [2.45, 2.75) is 76.5 Å². The molecular formula is C26H35F3O6. The molecule has 3 N–H and O–H groups in total. The van der Waals surface area contributed by atoms with Crippen LogP contribution in [0.4, 0.5) is 13.2 Å². The lowest BCUT2D eigenvalue weighted by Gasteiger charge is -2.19. The summed E-state index contributed by atoms with van der Waals surface area (Å²) in [5, 5.41) is 30.8. The van der Waals surface area contributed by atoms with Crippen LogP contribution in [0, 0.1) is 11.8 Å². The first-order chi connectivity index (χ1) is 16.5. The van der Waals surface area contributed by atoms with Crippen molar-refractivity contribution in [2.24, 2.45) is 11.8 Å². The Kier molecular flexibility index (Phi) is 11.3. The molecule has 0 aromatic heterocycles. The zero-order valence-electron chi connectivity index (χ0n) is 20.0. The predicted octanol–water partition coefficient (Wildman–Crippen LogP) is 4.43. The molecule has 1 aliphatic carbocycles. The molecule has 2 rings (SSSR count). The van der Waals surface area contributed by atoms with Crippen molar-refractivity contribution in [2.75, 3.05) is 6.61 Å². The molecule has 6 nitrogen and oxygen atoms in total. The number of alkyl halides is 3. The molecule has 1 saturated carbocycles. The zero-order chi connectivity index (χ0) is 26.0. The van der Waals surface area contributed by atoms with E-state index in [1.165, 1.54) is 18.2 Å². The maximum atomic E-state index is 12.8. The fraction of sp³-hybridized carbons (Fsp3) is 0.577. The fourth-order valence-corrected chi connectivity index (χ4v) is 4.02. The average Bonchev–Trinajstić information content (AvgIpc) is 3.04. The van der Waals surface area contributed by atoms with Crippen molar-refractivity contribution < 1.29 is 42.8 Å². The third-order valence-electron chi connectivity index (χ3n) is 5.75. The van der Waals surface area contributed by atoms with Gasteiger partial charge in [0.1, 0.15) is 18.5 Å². The van der Waals surface area contributed by atoms with Crippen molar-refractivity contribution in [1.82, 2.24) is 0 Å². The normalized spacial score (nSPS) is 23.9. The second-order valence-corrected chi connectivity index (χ2v) is 9.04. The van der Waals surface area contributed by atoms with E-state index in [9.17, 15) is 33.3 Å². The molecule has 1 aromatic rings. The lowest BCUT2D eigenvalue weighted by molar-refractivity contribution is -0.147. The molecule has 0 aliphatic heterocycles. The summed E-state index contributed by atoms with van der Waals surface area (Å²) in [5.74, 6) is -0.883. The molecule has 4 unspecified atom stereocenters. The van der Waals surface area contributed by atoms with Crippen molar-refractivity contribution >= 4 is 5.97 Å². The number of rotatable bonds is 12. The minimum atomic E-state index is -4.49. The van der Waals surface area contributed by atoms with E-state index in [0.717, 1.165) is 12.1 Å². The van der Waals surface area contributed by atoms with E-state index in [1.807, 2.05) is 12.2 Å². The van der Waals surface area contributed by atoms with Gasteiger partial charge in [-0.15, -0.1) is 0 Å². The molecule has 0 radical (unpaired) electrons. The molecule has 35 heavy (non-hydrogen) atoms. The maximum Gasteiger partial charge on any atom is 0.416 e. The number of carbonyl (C=O) groups is 1. The first-order valence-electron chi connectivity index (χ1n) is 11.8. The second-order valence-electron chi connectivity index (χ2n) is 9.04. The van der Waals surface area contributed by atoms with Gasteiger partial charge in [-0.05, 0) is 57.2 Å². The van der Waals surface area contributed by atoms with Crippen LogP contribution in [0.5, 0.6) is 5.75 Å². The van der Waals surface area contributed by atoms with Gasteiger partial charge in [0, 0.05) is 18.8 Å². The molecule has 0 bridgehead atoms. The van der Waals surface area contributed by atoms with Crippen molar-refractivity contribution in [3.8, 4) is 5.75 Å². The number of hydrogen-bond acceptors (Lipinski definition) is 6. The molecule has 0 saturated heterocycles. The van der Waals surface area contributed by atoms with Crippen LogP contribution < -0.4 is 4.74 Å². The highest BCUT2D eigenvalue weighted by molar-refractivity contribution is 5.69. The van der Waals surface area contributed by atoms with Crippen molar-refractivity contribution in [3.05, 3.63) is 54.1 Å². The number of halogens is 3. The Balaban J connectivity index is 1.82. The first-order valence-corrected chi connectivity index (χ1v) is 11.8. The van der Waals surface area contributed by atoms with Crippen LogP contribution >= 0.6 is 0 Å². The molecule has 0 spiro atoms. The number of hydrogen-bond donors (Lipinski definition) is 3. The number of unbranched alkanes of at least 4 members (excludes halogenated alkanes) is 1. The molecule has 1 fully saturated rings. The summed E-state index contributed by atoms with van der Waals surface area (Å²) in [7, 11) is 0. The maximum absolute atomic E-state index is 12.8. The van der Waals surface area contributed by atoms with Crippen LogP contribution in [0.15, 0.2) is 48.6 Å². The number of allylic oxidation sites excluding steroid dienone is 2. The Morgan fingerprint density at radius 2 is 1.94 bits per heavy atom. The SMILES string of the molecule is CC(C)OC(=O)CCC/C=C\CC1C(O)CC(O)[C@@H]1/C=C/C(O)COc1cccc(C(F)(F)F)c1. The first kappa shape index (κ1) is 28.9. The topological polar surface area (TPSA) is 96.2 Å². The molecule has 1 aliphatic rings. The van der Waals surface area contributed by atoms with E-state index in [1.54, 1.807) is 19.9 Å². The van der Waals surface area contributed by atoms with Crippen molar-refractivity contribution in [1.29, 1.82) is 0 Å². The molecular weight excluding hydrogens is 465 g/mol. The molecule has 0 amide bonds. The number of ether oxygens (including phenoxy) is 2. The zero-order valence-corrected chi connectivity index (χ0v) is 20.0. The van der Waals surface area contributed by atoms with Crippen LogP contribution in [-0.4, -0.2) is 52.3 Å². The van der Waals surface area contributed by atoms with Gasteiger partial charge in [0.05, 0.1) is 23.9 Å². The highest BCUT2D eigenvalue weighted by Crippen LogP contribution is 2.36. The summed E-state index contributed by atoms with van der Waals surface area (Å²) in [4.78, 5) is 11.5. The number of aliphatic hydroxyl groups is 3. The minimum Gasteiger partial charge on any atom is -0.491 e. The van der Waals surface area contributed by atoms with E-state index in [0.29, 0.717) is 25.7 Å². The summed E-state index contributed by atoms with van der Waals surface area (Å²) < 4.78 is 48.8. The molecule has 1 aromatic carbocycles. The number of aliphatic hydroxyl groups excluding tert-OH is 3. The van der Waals surface area contributed by atoms with Gasteiger partial charge in [-0.1, -0.05) is 30.4 Å².